The lowest BCUT2D eigenvalue weighted by atomic mass is 9.82. The van der Waals surface area contributed by atoms with E-state index in [0.29, 0.717) is 0 Å². The fourth-order valence-electron chi connectivity index (χ4n) is 3.62. The largest absolute Gasteiger partial charge is 0.365 e. The van der Waals surface area contributed by atoms with Crippen LogP contribution in [0.1, 0.15) is 44.2 Å². The van der Waals surface area contributed by atoms with Gasteiger partial charge in [-0.2, -0.15) is 0 Å². The number of nitrogens with zero attached hydrogens (tertiary/aromatic N) is 1. The fourth-order valence-corrected chi connectivity index (χ4v) is 3.62. The van der Waals surface area contributed by atoms with Crippen LogP contribution in [0.2, 0.25) is 0 Å². The van der Waals surface area contributed by atoms with Crippen molar-refractivity contribution in [1.82, 2.24) is 0 Å². The van der Waals surface area contributed by atoms with E-state index in [1.807, 2.05) is 0 Å². The highest BCUT2D eigenvalue weighted by molar-refractivity contribution is 5.82. The lowest BCUT2D eigenvalue weighted by Crippen LogP contribution is -2.46. The van der Waals surface area contributed by atoms with E-state index in [1.165, 1.54) is 41.6 Å². The van der Waals surface area contributed by atoms with E-state index in [4.69, 9.17) is 0 Å². The van der Waals surface area contributed by atoms with Crippen LogP contribution < -0.4 is 4.90 Å². The summed E-state index contributed by atoms with van der Waals surface area (Å²) >= 11 is 0. The van der Waals surface area contributed by atoms with Crippen LogP contribution in [0, 0.1) is 0 Å². The van der Waals surface area contributed by atoms with Crippen molar-refractivity contribution < 1.29 is 0 Å². The van der Waals surface area contributed by atoms with Crippen LogP contribution in [0.25, 0.3) is 5.57 Å². The van der Waals surface area contributed by atoms with Gasteiger partial charge >= 0.3 is 0 Å². The van der Waals surface area contributed by atoms with E-state index in [-0.39, 0.29) is 5.54 Å². The summed E-state index contributed by atoms with van der Waals surface area (Å²) in [6.07, 6.45) is 7.22. The lowest BCUT2D eigenvalue weighted by Gasteiger charge is -2.44. The van der Waals surface area contributed by atoms with Crippen molar-refractivity contribution in [3.8, 4) is 0 Å². The van der Waals surface area contributed by atoms with Crippen molar-refractivity contribution in [2.24, 2.45) is 0 Å². The summed E-state index contributed by atoms with van der Waals surface area (Å²) in [7, 11) is 2.23. The highest BCUT2D eigenvalue weighted by atomic mass is 15.2. The van der Waals surface area contributed by atoms with Gasteiger partial charge in [0.15, 0.2) is 0 Å². The minimum atomic E-state index is 0.0266. The Morgan fingerprint density at radius 3 is 2.39 bits per heavy atom. The first-order valence-electron chi connectivity index (χ1n) is 8.73. The molecule has 0 N–H and O–H groups in total. The van der Waals surface area contributed by atoms with Crippen LogP contribution in [0.5, 0.6) is 0 Å². The quantitative estimate of drug-likeness (QED) is 0.683. The van der Waals surface area contributed by atoms with Crippen molar-refractivity contribution in [1.29, 1.82) is 0 Å². The summed E-state index contributed by atoms with van der Waals surface area (Å²) < 4.78 is 0. The normalized spacial score (nSPS) is 20.1. The van der Waals surface area contributed by atoms with Gasteiger partial charge in [0.2, 0.25) is 0 Å². The van der Waals surface area contributed by atoms with Crippen molar-refractivity contribution in [3.63, 3.8) is 0 Å². The molecular formula is C22H27N. The molecule has 0 bridgehead atoms. The lowest BCUT2D eigenvalue weighted by molar-refractivity contribution is 0.536. The third-order valence-electron chi connectivity index (χ3n) is 5.07. The van der Waals surface area contributed by atoms with Gasteiger partial charge in [-0.15, -0.1) is 0 Å². The van der Waals surface area contributed by atoms with Gasteiger partial charge in [0, 0.05) is 18.3 Å². The second-order valence-electron chi connectivity index (χ2n) is 6.87. The Labute approximate surface area is 140 Å². The molecule has 23 heavy (non-hydrogen) atoms. The van der Waals surface area contributed by atoms with Crippen LogP contribution in [-0.4, -0.2) is 12.6 Å². The predicted octanol–water partition coefficient (Wildman–Crippen LogP) is 5.71. The molecule has 1 unspecified atom stereocenters. The molecule has 1 atom stereocenters. The van der Waals surface area contributed by atoms with Crippen molar-refractivity contribution in [3.05, 3.63) is 71.8 Å². The van der Waals surface area contributed by atoms with E-state index in [9.17, 15) is 0 Å². The zero-order valence-corrected chi connectivity index (χ0v) is 14.5. The first kappa shape index (κ1) is 15.9. The summed E-state index contributed by atoms with van der Waals surface area (Å²) in [5.41, 5.74) is 5.71. The molecule has 3 rings (SSSR count). The number of likely N-dealkylation sites (N-methyl/N-ethyl adjacent to an activating group) is 1. The van der Waals surface area contributed by atoms with Gasteiger partial charge < -0.3 is 4.90 Å². The molecule has 0 saturated carbocycles. The third kappa shape index (κ3) is 3.19. The number of rotatable bonds is 5. The highest BCUT2D eigenvalue weighted by Gasteiger charge is 2.33. The molecule has 1 nitrogen and oxygen atoms in total. The molecule has 1 aliphatic heterocycles. The molecule has 1 heterocycles. The molecule has 0 spiro atoms. The molecule has 0 amide bonds. The zero-order chi connectivity index (χ0) is 16.3. The van der Waals surface area contributed by atoms with Crippen LogP contribution in [-0.2, 0) is 6.42 Å². The Bertz CT molecular complexity index is 686. The maximum absolute atomic E-state index is 2.51. The summed E-state index contributed by atoms with van der Waals surface area (Å²) in [6, 6.07) is 19.7. The second-order valence-corrected chi connectivity index (χ2v) is 6.87. The monoisotopic (exact) mass is 305 g/mol. The molecule has 1 aliphatic rings. The highest BCUT2D eigenvalue weighted by Crippen LogP contribution is 2.41. The summed E-state index contributed by atoms with van der Waals surface area (Å²) in [5.74, 6) is 0. The number of para-hydroxylation sites is 1. The van der Waals surface area contributed by atoms with Gasteiger partial charge in [0.1, 0.15) is 0 Å². The summed E-state index contributed by atoms with van der Waals surface area (Å²) in [5, 5.41) is 0. The average Bonchev–Trinajstić information content (AvgIpc) is 2.58. The predicted molar refractivity (Wildman–Crippen MR) is 101 cm³/mol. The number of anilines is 1. The minimum Gasteiger partial charge on any atom is -0.365 e. The summed E-state index contributed by atoms with van der Waals surface area (Å²) in [4.78, 5) is 2.45. The number of unbranched alkanes of at least 4 members (excludes halogenated alkanes) is 1. The van der Waals surface area contributed by atoms with Gasteiger partial charge in [-0.05, 0) is 43.4 Å². The van der Waals surface area contributed by atoms with Crippen molar-refractivity contribution in [2.45, 2.75) is 45.1 Å². The van der Waals surface area contributed by atoms with Gasteiger partial charge in [0.05, 0.1) is 5.54 Å². The molecular weight excluding hydrogens is 278 g/mol. The smallest absolute Gasteiger partial charge is 0.0599 e. The Kier molecular flexibility index (Phi) is 4.56. The fraction of sp³-hybridized carbons (Fsp3) is 0.364. The molecule has 0 saturated heterocycles. The number of hydrogen-bond acceptors (Lipinski definition) is 1. The van der Waals surface area contributed by atoms with Gasteiger partial charge in [-0.3, -0.25) is 0 Å². The van der Waals surface area contributed by atoms with Crippen LogP contribution in [0.4, 0.5) is 5.69 Å². The van der Waals surface area contributed by atoms with Crippen molar-refractivity contribution >= 4 is 11.3 Å². The molecule has 0 fully saturated rings. The number of benzene rings is 2. The molecule has 0 radical (unpaired) electrons. The van der Waals surface area contributed by atoms with Crippen LogP contribution in [0.3, 0.4) is 0 Å². The molecule has 0 aromatic heterocycles. The minimum absolute atomic E-state index is 0.0266. The number of fused-ring (bicyclic) bond motifs is 1. The Hall–Kier alpha value is -2.02. The summed E-state index contributed by atoms with van der Waals surface area (Å²) in [6.45, 7) is 4.63. The Balaban J connectivity index is 2.00. The maximum Gasteiger partial charge on any atom is 0.0599 e. The van der Waals surface area contributed by atoms with Gasteiger partial charge in [-0.25, -0.2) is 0 Å². The number of hydrogen-bond donors (Lipinski definition) is 0. The zero-order valence-electron chi connectivity index (χ0n) is 14.5. The van der Waals surface area contributed by atoms with E-state index in [0.717, 1.165) is 6.42 Å². The Morgan fingerprint density at radius 1 is 0.957 bits per heavy atom. The standard InChI is InChI=1S/C22H27N/c1-4-5-13-19-17-22(2,16-18-11-7-6-8-12-18)23(3)21-15-10-9-14-20(19)21/h6-12,14-15,17H,4-5,13,16H2,1-3H3. The van der Waals surface area contributed by atoms with Crippen molar-refractivity contribution in [2.75, 3.05) is 11.9 Å². The molecule has 2 aromatic carbocycles. The molecule has 1 heteroatoms. The van der Waals surface area contributed by atoms with Gasteiger partial charge in [0.25, 0.3) is 0 Å². The van der Waals surface area contributed by atoms with E-state index in [2.05, 4.69) is 86.5 Å². The van der Waals surface area contributed by atoms with E-state index < -0.39 is 0 Å². The molecule has 0 aliphatic carbocycles. The topological polar surface area (TPSA) is 3.24 Å². The first-order chi connectivity index (χ1) is 11.1. The molecule has 2 aromatic rings. The SMILES string of the molecule is CCCCC1=CC(C)(Cc2ccccc2)N(C)c2ccccc21. The van der Waals surface area contributed by atoms with Crippen LogP contribution in [0.15, 0.2) is 60.7 Å². The van der Waals surface area contributed by atoms with Gasteiger partial charge in [-0.1, -0.05) is 68.0 Å². The number of allylic oxidation sites excluding steroid dienone is 1. The van der Waals surface area contributed by atoms with E-state index >= 15 is 0 Å². The second kappa shape index (κ2) is 6.62. The first-order valence-corrected chi connectivity index (χ1v) is 8.73. The maximum atomic E-state index is 2.51. The van der Waals surface area contributed by atoms with E-state index in [1.54, 1.807) is 0 Å². The Morgan fingerprint density at radius 2 is 1.65 bits per heavy atom. The average molecular weight is 305 g/mol. The third-order valence-corrected chi connectivity index (χ3v) is 5.07. The molecule has 120 valence electrons. The van der Waals surface area contributed by atoms with Crippen LogP contribution >= 0.6 is 0 Å².